The zero-order valence-electron chi connectivity index (χ0n) is 12.4. The number of hydrogen-bond acceptors (Lipinski definition) is 3. The minimum atomic E-state index is -0.387. The van der Waals surface area contributed by atoms with Crippen LogP contribution in [0.15, 0.2) is 48.7 Å². The molecule has 0 saturated carbocycles. The third kappa shape index (κ3) is 3.75. The minimum Gasteiger partial charge on any atom is -0.346 e. The first-order valence-electron chi connectivity index (χ1n) is 6.76. The van der Waals surface area contributed by atoms with Crippen molar-refractivity contribution in [3.63, 3.8) is 0 Å². The number of rotatable bonds is 3. The first-order valence-corrected chi connectivity index (χ1v) is 6.76. The lowest BCUT2D eigenvalue weighted by molar-refractivity contribution is 0.0905. The lowest BCUT2D eigenvalue weighted by Crippen LogP contribution is -2.41. The van der Waals surface area contributed by atoms with Crippen LogP contribution < -0.4 is 5.32 Å². The molecule has 4 heteroatoms. The molecule has 108 valence electrons. The van der Waals surface area contributed by atoms with E-state index in [1.807, 2.05) is 26.8 Å². The van der Waals surface area contributed by atoms with Crippen LogP contribution in [0.1, 0.15) is 47.2 Å². The van der Waals surface area contributed by atoms with Crippen LogP contribution in [0.5, 0.6) is 0 Å². The van der Waals surface area contributed by atoms with Crippen molar-refractivity contribution in [3.05, 3.63) is 65.5 Å². The number of pyridine rings is 1. The molecule has 21 heavy (non-hydrogen) atoms. The van der Waals surface area contributed by atoms with Crippen molar-refractivity contribution < 1.29 is 9.59 Å². The topological polar surface area (TPSA) is 59.1 Å². The van der Waals surface area contributed by atoms with E-state index in [2.05, 4.69) is 10.3 Å². The van der Waals surface area contributed by atoms with Gasteiger partial charge in [-0.15, -0.1) is 0 Å². The molecule has 1 N–H and O–H groups in total. The Kier molecular flexibility index (Phi) is 4.17. The average molecular weight is 282 g/mol. The molecule has 1 aromatic heterocycles. The zero-order valence-corrected chi connectivity index (χ0v) is 12.4. The molecule has 1 amide bonds. The molecule has 0 fully saturated rings. The summed E-state index contributed by atoms with van der Waals surface area (Å²) < 4.78 is 0. The summed E-state index contributed by atoms with van der Waals surface area (Å²) in [6.07, 6.45) is 1.51. The summed E-state index contributed by atoms with van der Waals surface area (Å²) in [5.74, 6) is -0.551. The van der Waals surface area contributed by atoms with Crippen LogP contribution in [-0.2, 0) is 0 Å². The van der Waals surface area contributed by atoms with Crippen LogP contribution in [-0.4, -0.2) is 22.2 Å². The van der Waals surface area contributed by atoms with Gasteiger partial charge in [-0.1, -0.05) is 30.3 Å². The van der Waals surface area contributed by atoms with E-state index in [0.717, 1.165) is 0 Å². The second-order valence-electron chi connectivity index (χ2n) is 5.80. The van der Waals surface area contributed by atoms with Crippen molar-refractivity contribution in [1.82, 2.24) is 10.3 Å². The number of ketones is 1. The van der Waals surface area contributed by atoms with Gasteiger partial charge in [-0.2, -0.15) is 0 Å². The van der Waals surface area contributed by atoms with Crippen LogP contribution in [0.25, 0.3) is 0 Å². The summed E-state index contributed by atoms with van der Waals surface area (Å²) in [4.78, 5) is 28.9. The van der Waals surface area contributed by atoms with Gasteiger partial charge < -0.3 is 5.32 Å². The van der Waals surface area contributed by atoms with Gasteiger partial charge in [0.05, 0.1) is 5.56 Å². The van der Waals surface area contributed by atoms with Crippen LogP contribution in [0, 0.1) is 0 Å². The Hall–Kier alpha value is -2.49. The first kappa shape index (κ1) is 14.9. The molecule has 0 unspecified atom stereocenters. The van der Waals surface area contributed by atoms with Gasteiger partial charge in [0.15, 0.2) is 5.78 Å². The summed E-state index contributed by atoms with van der Waals surface area (Å²) in [5.41, 5.74) is 0.615. The second-order valence-corrected chi connectivity index (χ2v) is 5.80. The van der Waals surface area contributed by atoms with Gasteiger partial charge in [0.2, 0.25) is 0 Å². The lowest BCUT2D eigenvalue weighted by atomic mass is 10.0. The number of amides is 1. The highest BCUT2D eigenvalue weighted by Gasteiger charge is 2.22. The number of nitrogens with one attached hydrogen (secondary N) is 1. The Balaban J connectivity index is 2.38. The third-order valence-corrected chi connectivity index (χ3v) is 2.79. The van der Waals surface area contributed by atoms with Crippen LogP contribution in [0.2, 0.25) is 0 Å². The molecule has 0 bridgehead atoms. The second kappa shape index (κ2) is 5.87. The largest absolute Gasteiger partial charge is 0.346 e. The maximum atomic E-state index is 12.5. The Morgan fingerprint density at radius 1 is 1.00 bits per heavy atom. The van der Waals surface area contributed by atoms with Gasteiger partial charge in [-0.3, -0.25) is 14.6 Å². The fraction of sp³-hybridized carbons (Fsp3) is 0.235. The molecule has 0 spiro atoms. The number of carbonyl (C=O) groups is 2. The predicted octanol–water partition coefficient (Wildman–Crippen LogP) is 2.84. The van der Waals surface area contributed by atoms with E-state index in [-0.39, 0.29) is 22.9 Å². The molecule has 4 nitrogen and oxygen atoms in total. The molecule has 0 aliphatic carbocycles. The molecule has 1 heterocycles. The SMILES string of the molecule is CC(C)(C)NC(=O)c1ncccc1C(=O)c1ccccc1. The van der Waals surface area contributed by atoms with E-state index in [0.29, 0.717) is 11.1 Å². The quantitative estimate of drug-likeness (QED) is 0.881. The average Bonchev–Trinajstić information content (AvgIpc) is 2.45. The van der Waals surface area contributed by atoms with Crippen molar-refractivity contribution in [1.29, 1.82) is 0 Å². The van der Waals surface area contributed by atoms with Gasteiger partial charge in [-0.25, -0.2) is 0 Å². The molecular formula is C17H18N2O2. The van der Waals surface area contributed by atoms with Crippen molar-refractivity contribution in [3.8, 4) is 0 Å². The number of aromatic nitrogens is 1. The molecule has 2 rings (SSSR count). The van der Waals surface area contributed by atoms with Crippen molar-refractivity contribution in [2.75, 3.05) is 0 Å². The van der Waals surface area contributed by atoms with Crippen LogP contribution in [0.4, 0.5) is 0 Å². The maximum Gasteiger partial charge on any atom is 0.271 e. The van der Waals surface area contributed by atoms with Crippen molar-refractivity contribution >= 4 is 11.7 Å². The Morgan fingerprint density at radius 2 is 1.67 bits per heavy atom. The van der Waals surface area contributed by atoms with E-state index in [1.165, 1.54) is 6.20 Å². The highest BCUT2D eigenvalue weighted by Crippen LogP contribution is 2.14. The standard InChI is InChI=1S/C17H18N2O2/c1-17(2,3)19-16(21)14-13(10-7-11-18-14)15(20)12-8-5-4-6-9-12/h4-11H,1-3H3,(H,19,21). The van der Waals surface area contributed by atoms with Gasteiger partial charge in [0.25, 0.3) is 5.91 Å². The highest BCUT2D eigenvalue weighted by molar-refractivity contribution is 6.14. The summed E-state index contributed by atoms with van der Waals surface area (Å²) in [6, 6.07) is 12.1. The van der Waals surface area contributed by atoms with E-state index < -0.39 is 0 Å². The maximum absolute atomic E-state index is 12.5. The fourth-order valence-corrected chi connectivity index (χ4v) is 1.91. The molecule has 1 aromatic carbocycles. The monoisotopic (exact) mass is 282 g/mol. The van der Waals surface area contributed by atoms with E-state index in [4.69, 9.17) is 0 Å². The molecule has 0 saturated heterocycles. The van der Waals surface area contributed by atoms with Gasteiger partial charge in [-0.05, 0) is 32.9 Å². The number of nitrogens with zero attached hydrogens (tertiary/aromatic N) is 1. The Labute approximate surface area is 124 Å². The minimum absolute atomic E-state index is 0.154. The highest BCUT2D eigenvalue weighted by atomic mass is 16.2. The number of benzene rings is 1. The molecular weight excluding hydrogens is 264 g/mol. The van der Waals surface area contributed by atoms with Crippen LogP contribution >= 0.6 is 0 Å². The smallest absolute Gasteiger partial charge is 0.271 e. The van der Waals surface area contributed by atoms with Crippen molar-refractivity contribution in [2.24, 2.45) is 0 Å². The van der Waals surface area contributed by atoms with Gasteiger partial charge in [0.1, 0.15) is 5.69 Å². The summed E-state index contributed by atoms with van der Waals surface area (Å²) >= 11 is 0. The normalized spacial score (nSPS) is 11.0. The summed E-state index contributed by atoms with van der Waals surface area (Å²) in [7, 11) is 0. The Bertz CT molecular complexity index is 658. The molecule has 0 aliphatic rings. The summed E-state index contributed by atoms with van der Waals surface area (Å²) in [6.45, 7) is 5.64. The molecule has 0 radical (unpaired) electrons. The van der Waals surface area contributed by atoms with Crippen LogP contribution in [0.3, 0.4) is 0 Å². The predicted molar refractivity (Wildman–Crippen MR) is 81.3 cm³/mol. The number of hydrogen-bond donors (Lipinski definition) is 1. The van der Waals surface area contributed by atoms with E-state index in [1.54, 1.807) is 36.4 Å². The summed E-state index contributed by atoms with van der Waals surface area (Å²) in [5, 5.41) is 2.83. The Morgan fingerprint density at radius 3 is 2.29 bits per heavy atom. The lowest BCUT2D eigenvalue weighted by Gasteiger charge is -2.20. The number of carbonyl (C=O) groups excluding carboxylic acids is 2. The zero-order chi connectivity index (χ0) is 15.5. The molecule has 0 aliphatic heterocycles. The first-order chi connectivity index (χ1) is 9.88. The fourth-order valence-electron chi connectivity index (χ4n) is 1.91. The molecule has 0 atom stereocenters. The molecule has 2 aromatic rings. The van der Waals surface area contributed by atoms with E-state index >= 15 is 0 Å². The van der Waals surface area contributed by atoms with Gasteiger partial charge >= 0.3 is 0 Å². The van der Waals surface area contributed by atoms with Crippen molar-refractivity contribution in [2.45, 2.75) is 26.3 Å². The van der Waals surface area contributed by atoms with E-state index in [9.17, 15) is 9.59 Å². The third-order valence-electron chi connectivity index (χ3n) is 2.79. The van der Waals surface area contributed by atoms with Gasteiger partial charge in [0, 0.05) is 17.3 Å².